The van der Waals surface area contributed by atoms with Gasteiger partial charge in [0.15, 0.2) is 0 Å². The van der Waals surface area contributed by atoms with Gasteiger partial charge < -0.3 is 4.52 Å². The van der Waals surface area contributed by atoms with E-state index < -0.39 is 10.0 Å². The fraction of sp³-hybridized carbons (Fsp3) is 0.167. The van der Waals surface area contributed by atoms with Crippen LogP contribution in [0.15, 0.2) is 55.0 Å². The maximum absolute atomic E-state index is 12.7. The van der Waals surface area contributed by atoms with Crippen LogP contribution in [0.4, 0.5) is 5.88 Å². The van der Waals surface area contributed by atoms with E-state index in [1.54, 1.807) is 12.3 Å². The lowest BCUT2D eigenvalue weighted by molar-refractivity contribution is 0.430. The third-order valence-electron chi connectivity index (χ3n) is 3.66. The van der Waals surface area contributed by atoms with Gasteiger partial charge >= 0.3 is 0 Å². The van der Waals surface area contributed by atoms with Crippen molar-refractivity contribution in [2.24, 2.45) is 0 Å². The van der Waals surface area contributed by atoms with Crippen LogP contribution < -0.4 is 4.72 Å². The maximum Gasteiger partial charge on any atom is 0.274 e. The van der Waals surface area contributed by atoms with Crippen LogP contribution in [0.1, 0.15) is 22.4 Å². The SMILES string of the molecule is Cc1cccc(/C=C/Cc2ccsc2S(=O)(=O)Nc2onc(C)c2Br)c1. The fourth-order valence-corrected chi connectivity index (χ4v) is 5.20. The normalized spacial score (nSPS) is 12.0. The van der Waals surface area contributed by atoms with Crippen molar-refractivity contribution in [3.63, 3.8) is 0 Å². The molecule has 0 atom stereocenters. The van der Waals surface area contributed by atoms with E-state index in [1.165, 1.54) is 16.9 Å². The van der Waals surface area contributed by atoms with E-state index in [1.807, 2.05) is 43.3 Å². The molecule has 0 radical (unpaired) electrons. The number of aryl methyl sites for hydroxylation is 2. The van der Waals surface area contributed by atoms with Crippen LogP contribution in [0.25, 0.3) is 6.08 Å². The molecule has 2 aromatic heterocycles. The van der Waals surface area contributed by atoms with Gasteiger partial charge in [-0.2, -0.15) is 0 Å². The van der Waals surface area contributed by atoms with Gasteiger partial charge in [0.25, 0.3) is 15.9 Å². The molecule has 0 unspecified atom stereocenters. The molecule has 0 aliphatic heterocycles. The lowest BCUT2D eigenvalue weighted by Gasteiger charge is -2.05. The van der Waals surface area contributed by atoms with Crippen molar-refractivity contribution in [3.8, 4) is 0 Å². The first kappa shape index (κ1) is 18.9. The summed E-state index contributed by atoms with van der Waals surface area (Å²) in [7, 11) is -3.74. The van der Waals surface area contributed by atoms with Gasteiger partial charge in [-0.05, 0) is 58.8 Å². The molecule has 0 aliphatic carbocycles. The van der Waals surface area contributed by atoms with E-state index in [4.69, 9.17) is 4.52 Å². The molecule has 136 valence electrons. The molecular formula is C18H17BrN2O3S2. The highest BCUT2D eigenvalue weighted by atomic mass is 79.9. The Labute approximate surface area is 164 Å². The third-order valence-corrected chi connectivity index (χ3v) is 7.49. The van der Waals surface area contributed by atoms with Crippen molar-refractivity contribution >= 4 is 49.3 Å². The smallest absolute Gasteiger partial charge is 0.274 e. The molecule has 0 bridgehead atoms. The van der Waals surface area contributed by atoms with E-state index in [0.717, 1.165) is 11.1 Å². The highest BCUT2D eigenvalue weighted by Crippen LogP contribution is 2.30. The minimum Gasteiger partial charge on any atom is -0.336 e. The average molecular weight is 453 g/mol. The molecule has 0 fully saturated rings. The molecule has 0 saturated heterocycles. The predicted molar refractivity (Wildman–Crippen MR) is 108 cm³/mol. The summed E-state index contributed by atoms with van der Waals surface area (Å²) in [6, 6.07) is 9.94. The minimum atomic E-state index is -3.74. The molecular weight excluding hydrogens is 436 g/mol. The summed E-state index contributed by atoms with van der Waals surface area (Å²) in [5.41, 5.74) is 3.58. The highest BCUT2D eigenvalue weighted by Gasteiger charge is 2.23. The number of hydrogen-bond acceptors (Lipinski definition) is 5. The number of nitrogens with one attached hydrogen (secondary N) is 1. The third kappa shape index (κ3) is 4.25. The number of anilines is 1. The van der Waals surface area contributed by atoms with Gasteiger partial charge in [0, 0.05) is 0 Å². The molecule has 3 aromatic rings. The summed E-state index contributed by atoms with van der Waals surface area (Å²) < 4.78 is 33.6. The second-order valence-electron chi connectivity index (χ2n) is 5.77. The molecule has 0 amide bonds. The van der Waals surface area contributed by atoms with Gasteiger partial charge in [0.2, 0.25) is 0 Å². The van der Waals surface area contributed by atoms with Crippen molar-refractivity contribution in [2.75, 3.05) is 4.72 Å². The number of hydrogen-bond donors (Lipinski definition) is 1. The van der Waals surface area contributed by atoms with Crippen LogP contribution in [0, 0.1) is 13.8 Å². The van der Waals surface area contributed by atoms with Gasteiger partial charge in [-0.25, -0.2) is 13.1 Å². The molecule has 5 nitrogen and oxygen atoms in total. The molecule has 0 spiro atoms. The quantitative estimate of drug-likeness (QED) is 0.559. The second kappa shape index (κ2) is 7.77. The Kier molecular flexibility index (Phi) is 5.64. The molecule has 0 aliphatic rings. The molecule has 8 heteroatoms. The molecule has 1 aromatic carbocycles. The van der Waals surface area contributed by atoms with Crippen molar-refractivity contribution < 1.29 is 12.9 Å². The zero-order valence-corrected chi connectivity index (χ0v) is 17.4. The van der Waals surface area contributed by atoms with Crippen molar-refractivity contribution in [1.29, 1.82) is 0 Å². The Balaban J connectivity index is 1.78. The van der Waals surface area contributed by atoms with Crippen molar-refractivity contribution in [2.45, 2.75) is 24.5 Å². The number of benzene rings is 1. The van der Waals surface area contributed by atoms with Crippen LogP contribution in [-0.2, 0) is 16.4 Å². The Morgan fingerprint density at radius 3 is 2.81 bits per heavy atom. The Bertz CT molecular complexity index is 1050. The van der Waals surface area contributed by atoms with E-state index >= 15 is 0 Å². The van der Waals surface area contributed by atoms with E-state index in [-0.39, 0.29) is 10.1 Å². The number of nitrogens with zero attached hydrogens (tertiary/aromatic N) is 1. The van der Waals surface area contributed by atoms with Crippen LogP contribution in [-0.4, -0.2) is 13.6 Å². The number of thiophene rings is 1. The van der Waals surface area contributed by atoms with Crippen molar-refractivity contribution in [3.05, 3.63) is 68.6 Å². The van der Waals surface area contributed by atoms with E-state index in [9.17, 15) is 8.42 Å². The zero-order valence-electron chi connectivity index (χ0n) is 14.2. The summed E-state index contributed by atoms with van der Waals surface area (Å²) in [5, 5.41) is 5.51. The highest BCUT2D eigenvalue weighted by molar-refractivity contribution is 9.10. The second-order valence-corrected chi connectivity index (χ2v) is 9.36. The maximum atomic E-state index is 12.7. The predicted octanol–water partition coefficient (Wildman–Crippen LogP) is 5.17. The zero-order chi connectivity index (χ0) is 18.7. The van der Waals surface area contributed by atoms with Gasteiger partial charge in [0.1, 0.15) is 8.68 Å². The molecule has 2 heterocycles. The van der Waals surface area contributed by atoms with Crippen LogP contribution >= 0.6 is 27.3 Å². The van der Waals surface area contributed by atoms with Gasteiger partial charge in [-0.3, -0.25) is 0 Å². The first-order valence-electron chi connectivity index (χ1n) is 7.81. The summed E-state index contributed by atoms with van der Waals surface area (Å²) in [6.07, 6.45) is 4.47. The number of allylic oxidation sites excluding steroid dienone is 1. The monoisotopic (exact) mass is 452 g/mol. The topological polar surface area (TPSA) is 72.2 Å². The van der Waals surface area contributed by atoms with Crippen LogP contribution in [0.3, 0.4) is 0 Å². The summed E-state index contributed by atoms with van der Waals surface area (Å²) >= 11 is 4.44. The Morgan fingerprint density at radius 2 is 2.12 bits per heavy atom. The average Bonchev–Trinajstić information content (AvgIpc) is 3.18. The standard InChI is InChI=1S/C18H17BrN2O3S2/c1-12-5-3-6-14(11-12)7-4-8-15-9-10-25-18(15)26(22,23)21-17-16(19)13(2)20-24-17/h3-7,9-11,21H,8H2,1-2H3/b7-4+. The Hall–Kier alpha value is -1.90. The number of rotatable bonds is 6. The van der Waals surface area contributed by atoms with E-state index in [2.05, 4.69) is 31.9 Å². The Morgan fingerprint density at radius 1 is 1.31 bits per heavy atom. The van der Waals surface area contributed by atoms with Crippen LogP contribution in [0.5, 0.6) is 0 Å². The minimum absolute atomic E-state index is 0.0807. The lowest BCUT2D eigenvalue weighted by atomic mass is 10.1. The van der Waals surface area contributed by atoms with E-state index in [0.29, 0.717) is 16.6 Å². The van der Waals surface area contributed by atoms with Gasteiger partial charge in [0.05, 0.1) is 5.69 Å². The largest absolute Gasteiger partial charge is 0.336 e. The first-order chi connectivity index (χ1) is 12.4. The number of halogens is 1. The first-order valence-corrected chi connectivity index (χ1v) is 11.0. The molecule has 3 rings (SSSR count). The number of sulfonamides is 1. The number of aromatic nitrogens is 1. The summed E-state index contributed by atoms with van der Waals surface area (Å²) in [4.78, 5) is 0. The molecule has 1 N–H and O–H groups in total. The fourth-order valence-electron chi connectivity index (χ4n) is 2.40. The molecule has 0 saturated carbocycles. The summed E-state index contributed by atoms with van der Waals surface area (Å²) in [6.45, 7) is 3.76. The van der Waals surface area contributed by atoms with Crippen molar-refractivity contribution in [1.82, 2.24) is 5.16 Å². The van der Waals surface area contributed by atoms with Gasteiger partial charge in [-0.15, -0.1) is 11.3 Å². The lowest BCUT2D eigenvalue weighted by Crippen LogP contribution is -2.13. The summed E-state index contributed by atoms with van der Waals surface area (Å²) in [5.74, 6) is 0.0807. The van der Waals surface area contributed by atoms with Gasteiger partial charge in [-0.1, -0.05) is 47.1 Å². The van der Waals surface area contributed by atoms with Crippen LogP contribution in [0.2, 0.25) is 0 Å². The molecule has 26 heavy (non-hydrogen) atoms.